The van der Waals surface area contributed by atoms with Crippen LogP contribution in [0, 0.1) is 5.92 Å². The zero-order valence-corrected chi connectivity index (χ0v) is 12.6. The standard InChI is InChI=1S/C10H21O2.BrH.Mg/c1-4-6-10(2)7-5-8-12-9-11-3;;/h4,10H,5-9H2,1-3H3;1H;/q;;+1/p-1. The van der Waals surface area contributed by atoms with Crippen molar-refractivity contribution in [3.05, 3.63) is 0 Å². The lowest BCUT2D eigenvalue weighted by molar-refractivity contribution is -0.0322. The monoisotopic (exact) mass is 276 g/mol. The second kappa shape index (κ2) is 10.7. The van der Waals surface area contributed by atoms with E-state index >= 15 is 0 Å². The predicted molar refractivity (Wildman–Crippen MR) is 64.9 cm³/mol. The van der Waals surface area contributed by atoms with E-state index in [2.05, 4.69) is 26.7 Å². The molecule has 2 unspecified atom stereocenters. The Hall–Kier alpha value is 1.17. The van der Waals surface area contributed by atoms with E-state index < -0.39 is 0 Å². The van der Waals surface area contributed by atoms with Crippen LogP contribution >= 0.6 is 12.9 Å². The summed E-state index contributed by atoms with van der Waals surface area (Å²) in [6.07, 6.45) is 3.79. The first-order chi connectivity index (χ1) is 6.70. The molecule has 2 nitrogen and oxygen atoms in total. The fourth-order valence-corrected chi connectivity index (χ4v) is 3.03. The minimum absolute atomic E-state index is 0.0202. The molecule has 0 aromatic carbocycles. The Morgan fingerprint density at radius 1 is 1.36 bits per heavy atom. The summed E-state index contributed by atoms with van der Waals surface area (Å²) in [7, 11) is 1.66. The summed E-state index contributed by atoms with van der Waals surface area (Å²) in [6.45, 7) is 5.94. The van der Waals surface area contributed by atoms with Gasteiger partial charge in [-0.15, -0.1) is 4.05 Å². The van der Waals surface area contributed by atoms with Crippen molar-refractivity contribution in [3.8, 4) is 0 Å². The van der Waals surface area contributed by atoms with Crippen LogP contribution in [0.5, 0.6) is 0 Å². The molecule has 0 bridgehead atoms. The number of halogens is 1. The van der Waals surface area contributed by atoms with Crippen LogP contribution in [-0.4, -0.2) is 38.7 Å². The van der Waals surface area contributed by atoms with Crippen molar-refractivity contribution >= 4 is 31.1 Å². The second-order valence-electron chi connectivity index (χ2n) is 4.06. The zero-order valence-electron chi connectivity index (χ0n) is 9.59. The van der Waals surface area contributed by atoms with Gasteiger partial charge in [0.15, 0.2) is 0 Å². The molecule has 14 heavy (non-hydrogen) atoms. The molecule has 0 spiro atoms. The quantitative estimate of drug-likeness (QED) is 0.366. The van der Waals surface area contributed by atoms with Crippen LogP contribution in [-0.2, 0) is 9.47 Å². The van der Waals surface area contributed by atoms with Crippen molar-refractivity contribution in [2.45, 2.75) is 37.2 Å². The maximum absolute atomic E-state index is 5.24. The Labute approximate surface area is 104 Å². The number of hydrogen-bond donors (Lipinski definition) is 0. The third-order valence-electron chi connectivity index (χ3n) is 2.25. The Kier molecular flexibility index (Phi) is 11.6. The summed E-state index contributed by atoms with van der Waals surface area (Å²) >= 11 is 3.66. The van der Waals surface area contributed by atoms with E-state index in [-0.39, 0.29) is 18.2 Å². The van der Waals surface area contributed by atoms with Crippen molar-refractivity contribution in [2.24, 2.45) is 5.92 Å². The summed E-state index contributed by atoms with van der Waals surface area (Å²) in [5, 5.41) is 0. The van der Waals surface area contributed by atoms with Crippen LogP contribution in [0.25, 0.3) is 0 Å². The van der Waals surface area contributed by atoms with E-state index in [1.54, 1.807) is 7.11 Å². The lowest BCUT2D eigenvalue weighted by Gasteiger charge is -2.14. The highest BCUT2D eigenvalue weighted by molar-refractivity contribution is 9.23. The lowest BCUT2D eigenvalue weighted by Crippen LogP contribution is -2.04. The number of rotatable bonds is 9. The molecule has 0 aliphatic carbocycles. The lowest BCUT2D eigenvalue weighted by atomic mass is 10.0. The molecule has 0 aliphatic heterocycles. The smallest absolute Gasteiger partial charge is 0.359 e. The summed E-state index contributed by atoms with van der Waals surface area (Å²) in [5.74, 6) is 0.834. The van der Waals surface area contributed by atoms with E-state index in [9.17, 15) is 0 Å². The van der Waals surface area contributed by atoms with Gasteiger partial charge in [0.1, 0.15) is 6.79 Å². The highest BCUT2D eigenvalue weighted by Gasteiger charge is 2.09. The third-order valence-corrected chi connectivity index (χ3v) is 6.43. The van der Waals surface area contributed by atoms with Crippen molar-refractivity contribution in [1.82, 2.24) is 0 Å². The summed E-state index contributed by atoms with van der Waals surface area (Å²) < 4.78 is 11.0. The highest BCUT2D eigenvalue weighted by Crippen LogP contribution is 2.21. The Morgan fingerprint density at radius 3 is 2.64 bits per heavy atom. The van der Waals surface area contributed by atoms with Crippen molar-refractivity contribution < 1.29 is 9.47 Å². The van der Waals surface area contributed by atoms with Gasteiger partial charge in [-0.05, 0) is 18.8 Å². The largest absolute Gasteiger partial charge is 0.471 e. The molecule has 2 atom stereocenters. The predicted octanol–water partition coefficient (Wildman–Crippen LogP) is 3.24. The van der Waals surface area contributed by atoms with Crippen molar-refractivity contribution in [1.29, 1.82) is 0 Å². The van der Waals surface area contributed by atoms with Crippen LogP contribution in [0.1, 0.15) is 33.1 Å². The second-order valence-corrected chi connectivity index (χ2v) is 7.70. The minimum atomic E-state index is 0.0202. The molecular weight excluding hydrogens is 256 g/mol. The van der Waals surface area contributed by atoms with Gasteiger partial charge >= 0.3 is 18.2 Å². The van der Waals surface area contributed by atoms with Gasteiger partial charge in [-0.3, -0.25) is 0 Å². The van der Waals surface area contributed by atoms with E-state index in [4.69, 9.17) is 9.47 Å². The van der Waals surface area contributed by atoms with Crippen LogP contribution in [0.4, 0.5) is 0 Å². The maximum atomic E-state index is 5.24. The molecule has 0 aliphatic rings. The molecule has 0 aromatic rings. The molecule has 0 saturated carbocycles. The molecule has 4 heteroatoms. The molecular formula is C10H21BrMgO2. The van der Waals surface area contributed by atoms with Gasteiger partial charge in [-0.25, -0.2) is 0 Å². The Balaban J connectivity index is 3.22. The van der Waals surface area contributed by atoms with Gasteiger partial charge in [-0.1, -0.05) is 20.3 Å². The average molecular weight is 277 g/mol. The molecule has 0 radical (unpaired) electrons. The normalized spacial score (nSPS) is 14.9. The molecule has 0 amide bonds. The van der Waals surface area contributed by atoms with Gasteiger partial charge in [0.25, 0.3) is 0 Å². The van der Waals surface area contributed by atoms with Gasteiger partial charge in [0.05, 0.1) is 0 Å². The third kappa shape index (κ3) is 9.71. The fourth-order valence-electron chi connectivity index (χ4n) is 1.54. The topological polar surface area (TPSA) is 18.5 Å². The summed E-state index contributed by atoms with van der Waals surface area (Å²) in [6, 6.07) is 0. The molecule has 0 saturated heterocycles. The fraction of sp³-hybridized carbons (Fsp3) is 1.00. The first-order valence-electron chi connectivity index (χ1n) is 5.33. The Bertz CT molecular complexity index is 125. The molecule has 0 N–H and O–H groups in total. The molecule has 0 fully saturated rings. The SMILES string of the molecule is COCOCCCC(C)C[CH](C)[Mg][Br]. The number of ether oxygens (including phenoxy) is 2. The van der Waals surface area contributed by atoms with Crippen LogP contribution < -0.4 is 0 Å². The van der Waals surface area contributed by atoms with E-state index in [1.807, 2.05) is 0 Å². The van der Waals surface area contributed by atoms with Crippen molar-refractivity contribution in [2.75, 3.05) is 20.5 Å². The number of methoxy groups -OCH3 is 1. The Morgan fingerprint density at radius 2 is 2.07 bits per heavy atom. The average Bonchev–Trinajstić information content (AvgIpc) is 2.17. The molecule has 0 heterocycles. The number of hydrogen-bond acceptors (Lipinski definition) is 2. The zero-order chi connectivity index (χ0) is 10.8. The molecule has 0 rings (SSSR count). The molecule has 0 aromatic heterocycles. The van der Waals surface area contributed by atoms with Gasteiger partial charge in [0, 0.05) is 13.7 Å². The first-order valence-corrected chi connectivity index (χ1v) is 10.0. The summed E-state index contributed by atoms with van der Waals surface area (Å²) in [4.78, 5) is 0. The van der Waals surface area contributed by atoms with Crippen LogP contribution in [0.15, 0.2) is 0 Å². The summed E-state index contributed by atoms with van der Waals surface area (Å²) in [5.41, 5.74) is 0. The van der Waals surface area contributed by atoms with E-state index in [0.717, 1.165) is 23.0 Å². The first kappa shape index (κ1) is 15.2. The molecule has 82 valence electrons. The van der Waals surface area contributed by atoms with Gasteiger partial charge < -0.3 is 22.4 Å². The van der Waals surface area contributed by atoms with Crippen molar-refractivity contribution in [3.63, 3.8) is 0 Å². The maximum Gasteiger partial charge on any atom is 0.471 e. The van der Waals surface area contributed by atoms with E-state index in [1.165, 1.54) is 12.8 Å². The van der Waals surface area contributed by atoms with Gasteiger partial charge in [-0.2, -0.15) is 0 Å². The van der Waals surface area contributed by atoms with Crippen LogP contribution in [0.3, 0.4) is 0 Å². The van der Waals surface area contributed by atoms with E-state index in [0.29, 0.717) is 6.79 Å². The highest BCUT2D eigenvalue weighted by atomic mass is 79.9. The minimum Gasteiger partial charge on any atom is -0.359 e. The van der Waals surface area contributed by atoms with Crippen LogP contribution in [0.2, 0.25) is 4.05 Å². The van der Waals surface area contributed by atoms with Gasteiger partial charge in [0.2, 0.25) is 0 Å².